The van der Waals surface area contributed by atoms with Gasteiger partial charge in [0, 0.05) is 18.5 Å². The van der Waals surface area contributed by atoms with Gasteiger partial charge in [-0.3, -0.25) is 5.41 Å². The molecule has 0 heterocycles. The van der Waals surface area contributed by atoms with Crippen molar-refractivity contribution < 1.29 is 0 Å². The Morgan fingerprint density at radius 1 is 0.818 bits per heavy atom. The molecule has 1 aromatic carbocycles. The predicted octanol–water partition coefficient (Wildman–Crippen LogP) is 5.17. The molecule has 1 aromatic rings. The highest BCUT2D eigenvalue weighted by molar-refractivity contribution is 5.82. The Labute approximate surface area is 135 Å². The molecule has 2 fully saturated rings. The molecule has 0 aliphatic heterocycles. The molecule has 2 aliphatic carbocycles. The van der Waals surface area contributed by atoms with Gasteiger partial charge in [0.25, 0.3) is 0 Å². The Bertz CT molecular complexity index is 438. The van der Waals surface area contributed by atoms with E-state index in [-0.39, 0.29) is 0 Å². The van der Waals surface area contributed by atoms with Crippen LogP contribution in [0.1, 0.15) is 69.8 Å². The van der Waals surface area contributed by atoms with E-state index in [0.29, 0.717) is 12.1 Å². The van der Waals surface area contributed by atoms with Crippen molar-refractivity contribution in [1.29, 1.82) is 5.41 Å². The van der Waals surface area contributed by atoms with Crippen LogP contribution in [0.3, 0.4) is 0 Å². The summed E-state index contributed by atoms with van der Waals surface area (Å²) in [6, 6.07) is 11.8. The third kappa shape index (κ3) is 3.91. The largest absolute Gasteiger partial charge is 0.354 e. The minimum Gasteiger partial charge on any atom is -0.354 e. The Morgan fingerprint density at radius 3 is 1.82 bits per heavy atom. The first-order chi connectivity index (χ1) is 10.8. The minimum absolute atomic E-state index is 0.632. The van der Waals surface area contributed by atoms with E-state index in [9.17, 15) is 0 Å². The van der Waals surface area contributed by atoms with Gasteiger partial charge in [-0.1, -0.05) is 68.9 Å². The lowest BCUT2D eigenvalue weighted by atomic mass is 9.88. The summed E-state index contributed by atoms with van der Waals surface area (Å²) in [5.74, 6) is 0.866. The molecule has 2 aliphatic rings. The SMILES string of the molecule is N=C(Cc1ccccc1)N(C1CCCCC1)C1CCCCC1. The summed E-state index contributed by atoms with van der Waals surface area (Å²) in [6.07, 6.45) is 14.2. The molecule has 2 nitrogen and oxygen atoms in total. The molecule has 0 saturated heterocycles. The highest BCUT2D eigenvalue weighted by atomic mass is 15.2. The quantitative estimate of drug-likeness (QED) is 0.602. The molecule has 1 N–H and O–H groups in total. The molecule has 0 aromatic heterocycles. The molecule has 0 atom stereocenters. The number of amidine groups is 1. The summed E-state index contributed by atoms with van der Waals surface area (Å²) in [7, 11) is 0. The lowest BCUT2D eigenvalue weighted by Crippen LogP contribution is -2.49. The summed E-state index contributed by atoms with van der Waals surface area (Å²) < 4.78 is 0. The first-order valence-electron chi connectivity index (χ1n) is 9.24. The van der Waals surface area contributed by atoms with Crippen molar-refractivity contribution in [2.24, 2.45) is 0 Å². The Balaban J connectivity index is 1.72. The van der Waals surface area contributed by atoms with Gasteiger partial charge >= 0.3 is 0 Å². The zero-order chi connectivity index (χ0) is 15.2. The summed E-state index contributed by atoms with van der Waals surface area (Å²) in [4.78, 5) is 2.55. The minimum atomic E-state index is 0.632. The molecule has 120 valence electrons. The van der Waals surface area contributed by atoms with E-state index in [0.717, 1.165) is 12.3 Å². The zero-order valence-corrected chi connectivity index (χ0v) is 13.8. The van der Waals surface area contributed by atoms with Crippen LogP contribution >= 0.6 is 0 Å². The van der Waals surface area contributed by atoms with Crippen LogP contribution in [0, 0.1) is 5.41 Å². The van der Waals surface area contributed by atoms with Crippen molar-refractivity contribution in [3.05, 3.63) is 35.9 Å². The maximum Gasteiger partial charge on any atom is 0.101 e. The summed E-state index contributed by atoms with van der Waals surface area (Å²) >= 11 is 0. The Hall–Kier alpha value is -1.31. The van der Waals surface area contributed by atoms with Crippen molar-refractivity contribution >= 4 is 5.84 Å². The van der Waals surface area contributed by atoms with Crippen LogP contribution in [0.15, 0.2) is 30.3 Å². The average Bonchev–Trinajstić information content (AvgIpc) is 2.58. The van der Waals surface area contributed by atoms with E-state index in [2.05, 4.69) is 35.2 Å². The molecule has 2 saturated carbocycles. The summed E-state index contributed by atoms with van der Waals surface area (Å²) in [5, 5.41) is 8.78. The normalized spacial score (nSPS) is 20.7. The number of nitrogens with zero attached hydrogens (tertiary/aromatic N) is 1. The van der Waals surface area contributed by atoms with E-state index in [1.165, 1.54) is 69.8 Å². The third-order valence-corrected chi connectivity index (χ3v) is 5.46. The van der Waals surface area contributed by atoms with Crippen molar-refractivity contribution in [1.82, 2.24) is 4.90 Å². The van der Waals surface area contributed by atoms with Gasteiger partial charge in [-0.25, -0.2) is 0 Å². The molecule has 3 rings (SSSR count). The van der Waals surface area contributed by atoms with Gasteiger partial charge in [-0.2, -0.15) is 0 Å². The molecule has 0 radical (unpaired) electrons. The molecule has 0 spiro atoms. The number of hydrogen-bond donors (Lipinski definition) is 1. The smallest absolute Gasteiger partial charge is 0.101 e. The molecule has 22 heavy (non-hydrogen) atoms. The van der Waals surface area contributed by atoms with Crippen LogP contribution in [0.25, 0.3) is 0 Å². The van der Waals surface area contributed by atoms with E-state index in [1.54, 1.807) is 0 Å². The molecule has 0 amide bonds. The fraction of sp³-hybridized carbons (Fsp3) is 0.650. The first kappa shape index (κ1) is 15.6. The lowest BCUT2D eigenvalue weighted by Gasteiger charge is -2.43. The average molecular weight is 298 g/mol. The Morgan fingerprint density at radius 2 is 1.32 bits per heavy atom. The second kappa shape index (κ2) is 7.80. The van der Waals surface area contributed by atoms with Crippen molar-refractivity contribution in [2.75, 3.05) is 0 Å². The van der Waals surface area contributed by atoms with Crippen LogP contribution in [0.2, 0.25) is 0 Å². The van der Waals surface area contributed by atoms with Crippen LogP contribution in [0.4, 0.5) is 0 Å². The van der Waals surface area contributed by atoms with Gasteiger partial charge in [0.2, 0.25) is 0 Å². The fourth-order valence-electron chi connectivity index (χ4n) is 4.34. The van der Waals surface area contributed by atoms with E-state index in [1.807, 2.05) is 0 Å². The van der Waals surface area contributed by atoms with Crippen molar-refractivity contribution in [3.8, 4) is 0 Å². The highest BCUT2D eigenvalue weighted by Crippen LogP contribution is 2.30. The highest BCUT2D eigenvalue weighted by Gasteiger charge is 2.30. The molecular weight excluding hydrogens is 268 g/mol. The van der Waals surface area contributed by atoms with E-state index >= 15 is 0 Å². The van der Waals surface area contributed by atoms with Gasteiger partial charge < -0.3 is 4.90 Å². The third-order valence-electron chi connectivity index (χ3n) is 5.46. The summed E-state index contributed by atoms with van der Waals surface area (Å²) in [5.41, 5.74) is 1.28. The zero-order valence-electron chi connectivity index (χ0n) is 13.8. The van der Waals surface area contributed by atoms with Gasteiger partial charge in [-0.15, -0.1) is 0 Å². The second-order valence-corrected chi connectivity index (χ2v) is 7.10. The van der Waals surface area contributed by atoms with Crippen LogP contribution in [0.5, 0.6) is 0 Å². The van der Waals surface area contributed by atoms with Gasteiger partial charge in [0.05, 0.1) is 0 Å². The summed E-state index contributed by atoms with van der Waals surface area (Å²) in [6.45, 7) is 0. The fourth-order valence-corrected chi connectivity index (χ4v) is 4.34. The van der Waals surface area contributed by atoms with E-state index < -0.39 is 0 Å². The maximum absolute atomic E-state index is 8.78. The van der Waals surface area contributed by atoms with Crippen LogP contribution in [-0.4, -0.2) is 22.8 Å². The van der Waals surface area contributed by atoms with Gasteiger partial charge in [0.1, 0.15) is 5.84 Å². The van der Waals surface area contributed by atoms with E-state index in [4.69, 9.17) is 5.41 Å². The number of nitrogens with one attached hydrogen (secondary N) is 1. The molecule has 2 heteroatoms. The number of rotatable bonds is 4. The lowest BCUT2D eigenvalue weighted by molar-refractivity contribution is 0.154. The molecule has 0 bridgehead atoms. The second-order valence-electron chi connectivity index (χ2n) is 7.10. The standard InChI is InChI=1S/C20H30N2/c21-20(16-17-10-4-1-5-11-17)22(18-12-6-2-7-13-18)19-14-8-3-9-15-19/h1,4-5,10-11,18-19,21H,2-3,6-9,12-16H2. The van der Waals surface area contributed by atoms with Gasteiger partial charge in [-0.05, 0) is 31.2 Å². The van der Waals surface area contributed by atoms with Gasteiger partial charge in [0.15, 0.2) is 0 Å². The molecule has 0 unspecified atom stereocenters. The number of benzene rings is 1. The monoisotopic (exact) mass is 298 g/mol. The number of hydrogen-bond acceptors (Lipinski definition) is 1. The maximum atomic E-state index is 8.78. The van der Waals surface area contributed by atoms with Crippen molar-refractivity contribution in [2.45, 2.75) is 82.7 Å². The first-order valence-corrected chi connectivity index (χ1v) is 9.24. The van der Waals surface area contributed by atoms with Crippen molar-refractivity contribution in [3.63, 3.8) is 0 Å². The molecular formula is C20H30N2. The predicted molar refractivity (Wildman–Crippen MR) is 93.5 cm³/mol. The van der Waals surface area contributed by atoms with Crippen LogP contribution < -0.4 is 0 Å². The topological polar surface area (TPSA) is 27.1 Å². The Kier molecular flexibility index (Phi) is 5.53. The van der Waals surface area contributed by atoms with Crippen LogP contribution in [-0.2, 0) is 6.42 Å².